The normalized spacial score (nSPS) is 12.6. The number of likely N-dealkylation sites (N-methyl/N-ethyl adjacent to an activating group) is 1. The highest BCUT2D eigenvalue weighted by molar-refractivity contribution is 9.10. The number of benzene rings is 1. The lowest BCUT2D eigenvalue weighted by Gasteiger charge is -2.16. The average molecular weight is 403 g/mol. The SMILES string of the molecule is CCNC(Cc1cccc(Br)c1)c1cc(Br)c(C)s1. The Hall–Kier alpha value is -0.160. The molecule has 4 heteroatoms. The first-order valence-corrected chi connectivity index (χ1v) is 8.74. The lowest BCUT2D eigenvalue weighted by atomic mass is 10.0. The predicted molar refractivity (Wildman–Crippen MR) is 91.0 cm³/mol. The lowest BCUT2D eigenvalue weighted by molar-refractivity contribution is 0.558. The number of halogens is 2. The Labute approximate surface area is 135 Å². The minimum absolute atomic E-state index is 0.384. The van der Waals surface area contributed by atoms with Gasteiger partial charge in [-0.15, -0.1) is 11.3 Å². The summed E-state index contributed by atoms with van der Waals surface area (Å²) in [6.45, 7) is 5.29. The lowest BCUT2D eigenvalue weighted by Crippen LogP contribution is -2.22. The molecular formula is C15H17Br2NS. The minimum atomic E-state index is 0.384. The summed E-state index contributed by atoms with van der Waals surface area (Å²) in [5, 5.41) is 3.58. The summed E-state index contributed by atoms with van der Waals surface area (Å²) in [6.07, 6.45) is 1.01. The fourth-order valence-corrected chi connectivity index (χ4v) is 4.16. The molecule has 0 radical (unpaired) electrons. The molecule has 0 aliphatic carbocycles. The van der Waals surface area contributed by atoms with Crippen LogP contribution in [0.5, 0.6) is 0 Å². The second-order valence-electron chi connectivity index (χ2n) is 4.50. The molecule has 0 fully saturated rings. The van der Waals surface area contributed by atoms with Crippen molar-refractivity contribution in [1.82, 2.24) is 5.32 Å². The van der Waals surface area contributed by atoms with Gasteiger partial charge in [0.2, 0.25) is 0 Å². The van der Waals surface area contributed by atoms with Crippen LogP contribution in [0.15, 0.2) is 39.3 Å². The van der Waals surface area contributed by atoms with E-state index in [4.69, 9.17) is 0 Å². The second kappa shape index (κ2) is 7.02. The molecule has 0 bridgehead atoms. The van der Waals surface area contributed by atoms with Crippen molar-refractivity contribution in [1.29, 1.82) is 0 Å². The van der Waals surface area contributed by atoms with E-state index in [9.17, 15) is 0 Å². The van der Waals surface area contributed by atoms with Crippen LogP contribution in [0, 0.1) is 6.92 Å². The van der Waals surface area contributed by atoms with Crippen LogP contribution in [0.1, 0.15) is 28.3 Å². The van der Waals surface area contributed by atoms with Crippen LogP contribution in [0.4, 0.5) is 0 Å². The second-order valence-corrected chi connectivity index (χ2v) is 7.56. The molecule has 0 amide bonds. The van der Waals surface area contributed by atoms with Gasteiger partial charge in [-0.2, -0.15) is 0 Å². The van der Waals surface area contributed by atoms with Crippen LogP contribution in [0.25, 0.3) is 0 Å². The fourth-order valence-electron chi connectivity index (χ4n) is 2.07. The molecular weight excluding hydrogens is 386 g/mol. The standard InChI is InChI=1S/C15H17Br2NS/c1-3-18-14(15-9-13(17)10(2)19-15)8-11-5-4-6-12(16)7-11/h4-7,9,14,18H,3,8H2,1-2H3. The Morgan fingerprint density at radius 1 is 1.26 bits per heavy atom. The maximum absolute atomic E-state index is 3.61. The van der Waals surface area contributed by atoms with E-state index in [1.54, 1.807) is 0 Å². The number of thiophene rings is 1. The molecule has 1 atom stereocenters. The van der Waals surface area contributed by atoms with Crippen LogP contribution in [0.3, 0.4) is 0 Å². The molecule has 102 valence electrons. The Morgan fingerprint density at radius 2 is 2.05 bits per heavy atom. The molecule has 0 saturated carbocycles. The summed E-state index contributed by atoms with van der Waals surface area (Å²) in [4.78, 5) is 2.73. The van der Waals surface area contributed by atoms with E-state index in [0.29, 0.717) is 6.04 Å². The molecule has 0 aliphatic rings. The van der Waals surface area contributed by atoms with Gasteiger partial charge < -0.3 is 5.32 Å². The molecule has 1 N–H and O–H groups in total. The van der Waals surface area contributed by atoms with Gasteiger partial charge in [0.25, 0.3) is 0 Å². The molecule has 0 saturated heterocycles. The van der Waals surface area contributed by atoms with Crippen molar-refractivity contribution in [2.45, 2.75) is 26.3 Å². The van der Waals surface area contributed by atoms with Crippen molar-refractivity contribution in [3.8, 4) is 0 Å². The van der Waals surface area contributed by atoms with Gasteiger partial charge in [-0.1, -0.05) is 35.0 Å². The van der Waals surface area contributed by atoms with E-state index in [1.807, 2.05) is 11.3 Å². The maximum Gasteiger partial charge on any atom is 0.0456 e. The molecule has 0 aliphatic heterocycles. The van der Waals surface area contributed by atoms with E-state index in [0.717, 1.165) is 17.4 Å². The fraction of sp³-hybridized carbons (Fsp3) is 0.333. The highest BCUT2D eigenvalue weighted by atomic mass is 79.9. The molecule has 1 aromatic carbocycles. The number of hydrogen-bond donors (Lipinski definition) is 1. The third-order valence-electron chi connectivity index (χ3n) is 3.00. The summed E-state index contributed by atoms with van der Waals surface area (Å²) in [6, 6.07) is 11.2. The number of hydrogen-bond acceptors (Lipinski definition) is 2. The number of aryl methyl sites for hydroxylation is 1. The van der Waals surface area contributed by atoms with Crippen molar-refractivity contribution < 1.29 is 0 Å². The van der Waals surface area contributed by atoms with Crippen molar-refractivity contribution in [3.05, 3.63) is 54.6 Å². The summed E-state index contributed by atoms with van der Waals surface area (Å²) in [5.41, 5.74) is 1.35. The summed E-state index contributed by atoms with van der Waals surface area (Å²) in [5.74, 6) is 0. The van der Waals surface area contributed by atoms with Crippen LogP contribution >= 0.6 is 43.2 Å². The van der Waals surface area contributed by atoms with E-state index >= 15 is 0 Å². The first-order valence-electron chi connectivity index (χ1n) is 6.33. The molecule has 19 heavy (non-hydrogen) atoms. The Morgan fingerprint density at radius 3 is 2.63 bits per heavy atom. The molecule has 2 aromatic rings. The number of nitrogens with one attached hydrogen (secondary N) is 1. The van der Waals surface area contributed by atoms with Crippen LogP contribution in [-0.2, 0) is 6.42 Å². The van der Waals surface area contributed by atoms with Gasteiger partial charge in [-0.05, 0) is 59.6 Å². The summed E-state index contributed by atoms with van der Waals surface area (Å²) >= 11 is 9.01. The Kier molecular flexibility index (Phi) is 5.63. The van der Waals surface area contributed by atoms with E-state index in [-0.39, 0.29) is 0 Å². The van der Waals surface area contributed by atoms with Gasteiger partial charge in [-0.3, -0.25) is 0 Å². The number of rotatable bonds is 5. The van der Waals surface area contributed by atoms with Crippen molar-refractivity contribution in [2.75, 3.05) is 6.54 Å². The molecule has 1 heterocycles. The van der Waals surface area contributed by atoms with E-state index in [2.05, 4.69) is 81.4 Å². The van der Waals surface area contributed by atoms with Crippen molar-refractivity contribution in [2.24, 2.45) is 0 Å². The van der Waals surface area contributed by atoms with Crippen molar-refractivity contribution in [3.63, 3.8) is 0 Å². The van der Waals surface area contributed by atoms with Gasteiger partial charge in [0.15, 0.2) is 0 Å². The summed E-state index contributed by atoms with van der Waals surface area (Å²) in [7, 11) is 0. The van der Waals surface area contributed by atoms with Crippen LogP contribution in [-0.4, -0.2) is 6.54 Å². The average Bonchev–Trinajstić information content (AvgIpc) is 2.69. The zero-order valence-corrected chi connectivity index (χ0v) is 15.0. The largest absolute Gasteiger partial charge is 0.309 e. The van der Waals surface area contributed by atoms with E-state index in [1.165, 1.54) is 19.8 Å². The van der Waals surface area contributed by atoms with Gasteiger partial charge >= 0.3 is 0 Å². The third kappa shape index (κ3) is 4.15. The maximum atomic E-state index is 3.61. The highest BCUT2D eigenvalue weighted by Crippen LogP contribution is 2.32. The van der Waals surface area contributed by atoms with Crippen LogP contribution in [0.2, 0.25) is 0 Å². The molecule has 0 spiro atoms. The topological polar surface area (TPSA) is 12.0 Å². The van der Waals surface area contributed by atoms with Gasteiger partial charge in [0, 0.05) is 24.7 Å². The van der Waals surface area contributed by atoms with Crippen LogP contribution < -0.4 is 5.32 Å². The van der Waals surface area contributed by atoms with Crippen molar-refractivity contribution >= 4 is 43.2 Å². The highest BCUT2D eigenvalue weighted by Gasteiger charge is 2.15. The first kappa shape index (κ1) is 15.2. The quantitative estimate of drug-likeness (QED) is 0.698. The van der Waals surface area contributed by atoms with E-state index < -0.39 is 0 Å². The zero-order valence-electron chi connectivity index (χ0n) is 11.0. The van der Waals surface area contributed by atoms with Gasteiger partial charge in [0.05, 0.1) is 0 Å². The molecule has 1 unspecified atom stereocenters. The molecule has 1 aromatic heterocycles. The van der Waals surface area contributed by atoms with Gasteiger partial charge in [-0.25, -0.2) is 0 Å². The third-order valence-corrected chi connectivity index (χ3v) is 5.74. The first-order chi connectivity index (χ1) is 9.10. The summed E-state index contributed by atoms with van der Waals surface area (Å²) < 4.78 is 2.36. The minimum Gasteiger partial charge on any atom is -0.309 e. The monoisotopic (exact) mass is 401 g/mol. The predicted octanol–water partition coefficient (Wildman–Crippen LogP) is 5.47. The smallest absolute Gasteiger partial charge is 0.0456 e. The molecule has 2 rings (SSSR count). The Bertz CT molecular complexity index is 531. The molecule has 1 nitrogen and oxygen atoms in total. The van der Waals surface area contributed by atoms with Gasteiger partial charge in [0.1, 0.15) is 0 Å². The zero-order chi connectivity index (χ0) is 13.8. The Balaban J connectivity index is 2.20.